The van der Waals surface area contributed by atoms with Gasteiger partial charge in [0, 0.05) is 18.2 Å². The highest BCUT2D eigenvalue weighted by Gasteiger charge is 2.25. The van der Waals surface area contributed by atoms with Crippen molar-refractivity contribution in [2.75, 3.05) is 11.9 Å². The molecule has 0 unspecified atom stereocenters. The molecule has 98 valence electrons. The first-order chi connectivity index (χ1) is 8.70. The van der Waals surface area contributed by atoms with Crippen LogP contribution in [0.3, 0.4) is 0 Å². The summed E-state index contributed by atoms with van der Waals surface area (Å²) in [6.45, 7) is 2.25. The Hall–Kier alpha value is -1.35. The number of aliphatic hydroxyl groups is 1. The van der Waals surface area contributed by atoms with Crippen LogP contribution in [0.1, 0.15) is 31.2 Å². The number of benzene rings is 1. The molecule has 0 aromatic heterocycles. The average molecular weight is 247 g/mol. The zero-order chi connectivity index (χ0) is 13.0. The van der Waals surface area contributed by atoms with Gasteiger partial charge in [-0.05, 0) is 50.2 Å². The fraction of sp³-hybridized carbons (Fsp3) is 0.533. The summed E-state index contributed by atoms with van der Waals surface area (Å²) in [6, 6.07) is 7.84. The molecule has 1 amide bonds. The van der Waals surface area contributed by atoms with Crippen molar-refractivity contribution >= 4 is 11.6 Å². The minimum absolute atomic E-state index is 0.104. The van der Waals surface area contributed by atoms with Gasteiger partial charge in [-0.1, -0.05) is 18.2 Å². The molecule has 1 saturated carbocycles. The zero-order valence-corrected chi connectivity index (χ0v) is 10.9. The summed E-state index contributed by atoms with van der Waals surface area (Å²) in [5, 5.41) is 12.1. The van der Waals surface area contributed by atoms with E-state index in [1.165, 1.54) is 0 Å². The van der Waals surface area contributed by atoms with E-state index in [4.69, 9.17) is 5.11 Å². The Balaban J connectivity index is 1.91. The maximum absolute atomic E-state index is 12.1. The lowest BCUT2D eigenvalue weighted by molar-refractivity contribution is -0.121. The largest absolute Gasteiger partial charge is 0.396 e. The summed E-state index contributed by atoms with van der Waals surface area (Å²) >= 11 is 0. The van der Waals surface area contributed by atoms with Crippen molar-refractivity contribution in [2.45, 2.75) is 32.6 Å². The molecule has 1 aliphatic rings. The summed E-state index contributed by atoms with van der Waals surface area (Å²) in [5.74, 6) is 0.626. The maximum Gasteiger partial charge on any atom is 0.227 e. The summed E-state index contributed by atoms with van der Waals surface area (Å²) in [5.41, 5.74) is 2.00. The molecule has 1 aliphatic carbocycles. The van der Waals surface area contributed by atoms with Gasteiger partial charge in [0.25, 0.3) is 0 Å². The first-order valence-electron chi connectivity index (χ1n) is 6.68. The Morgan fingerprint density at radius 1 is 1.28 bits per heavy atom. The van der Waals surface area contributed by atoms with Crippen molar-refractivity contribution in [3.8, 4) is 0 Å². The van der Waals surface area contributed by atoms with Gasteiger partial charge in [-0.3, -0.25) is 4.79 Å². The lowest BCUT2D eigenvalue weighted by atomic mass is 9.82. The summed E-state index contributed by atoms with van der Waals surface area (Å²) < 4.78 is 0. The molecule has 2 rings (SSSR count). The van der Waals surface area contributed by atoms with Gasteiger partial charge in [0.2, 0.25) is 5.91 Å². The summed E-state index contributed by atoms with van der Waals surface area (Å²) in [7, 11) is 0. The van der Waals surface area contributed by atoms with Crippen LogP contribution in [0.4, 0.5) is 5.69 Å². The molecule has 0 radical (unpaired) electrons. The lowest BCUT2D eigenvalue weighted by Gasteiger charge is -2.26. The summed E-state index contributed by atoms with van der Waals surface area (Å²) in [4.78, 5) is 12.1. The Kier molecular flexibility index (Phi) is 4.37. The van der Waals surface area contributed by atoms with E-state index in [0.717, 1.165) is 36.9 Å². The van der Waals surface area contributed by atoms with E-state index in [9.17, 15) is 4.79 Å². The fourth-order valence-corrected chi connectivity index (χ4v) is 2.56. The highest BCUT2D eigenvalue weighted by molar-refractivity contribution is 5.93. The van der Waals surface area contributed by atoms with Crippen molar-refractivity contribution in [3.63, 3.8) is 0 Å². The van der Waals surface area contributed by atoms with E-state index in [1.807, 2.05) is 31.2 Å². The van der Waals surface area contributed by atoms with Crippen LogP contribution in [-0.4, -0.2) is 17.6 Å². The highest BCUT2D eigenvalue weighted by Crippen LogP contribution is 2.29. The minimum Gasteiger partial charge on any atom is -0.396 e. The molecule has 0 atom stereocenters. The monoisotopic (exact) mass is 247 g/mol. The van der Waals surface area contributed by atoms with E-state index in [-0.39, 0.29) is 18.4 Å². The molecule has 1 aromatic rings. The normalized spacial score (nSPS) is 23.7. The van der Waals surface area contributed by atoms with E-state index in [0.29, 0.717) is 5.92 Å². The van der Waals surface area contributed by atoms with Crippen LogP contribution in [-0.2, 0) is 4.79 Å². The van der Waals surface area contributed by atoms with Crippen LogP contribution in [0.5, 0.6) is 0 Å². The Morgan fingerprint density at radius 3 is 2.56 bits per heavy atom. The van der Waals surface area contributed by atoms with Crippen molar-refractivity contribution in [2.24, 2.45) is 11.8 Å². The first kappa shape index (κ1) is 13.1. The number of carbonyl (C=O) groups is 1. The molecular formula is C15H21NO2. The number of carbonyl (C=O) groups excluding carboxylic acids is 1. The van der Waals surface area contributed by atoms with Gasteiger partial charge in [-0.25, -0.2) is 0 Å². The number of aliphatic hydroxyl groups excluding tert-OH is 1. The molecule has 2 N–H and O–H groups in total. The van der Waals surface area contributed by atoms with E-state index in [1.54, 1.807) is 0 Å². The van der Waals surface area contributed by atoms with Crippen molar-refractivity contribution in [1.82, 2.24) is 0 Å². The van der Waals surface area contributed by atoms with Crippen LogP contribution < -0.4 is 5.32 Å². The Morgan fingerprint density at radius 2 is 1.94 bits per heavy atom. The number of anilines is 1. The predicted molar refractivity (Wildman–Crippen MR) is 72.3 cm³/mol. The number of nitrogens with one attached hydrogen (secondary N) is 1. The standard InChI is InChI=1S/C15H21NO2/c1-11-4-2-3-5-14(11)16-15(18)13-8-6-12(10-17)7-9-13/h2-5,12-13,17H,6-10H2,1H3,(H,16,18). The molecule has 18 heavy (non-hydrogen) atoms. The van der Waals surface area contributed by atoms with Crippen LogP contribution in [0.25, 0.3) is 0 Å². The van der Waals surface area contributed by atoms with Gasteiger partial charge in [0.1, 0.15) is 0 Å². The minimum atomic E-state index is 0.104. The van der Waals surface area contributed by atoms with Crippen LogP contribution in [0.2, 0.25) is 0 Å². The number of rotatable bonds is 3. The van der Waals surface area contributed by atoms with Gasteiger partial charge < -0.3 is 10.4 Å². The fourth-order valence-electron chi connectivity index (χ4n) is 2.56. The second-order valence-electron chi connectivity index (χ2n) is 5.20. The van der Waals surface area contributed by atoms with Gasteiger partial charge in [0.15, 0.2) is 0 Å². The van der Waals surface area contributed by atoms with Crippen LogP contribution in [0.15, 0.2) is 24.3 Å². The van der Waals surface area contributed by atoms with Crippen molar-refractivity contribution < 1.29 is 9.90 Å². The van der Waals surface area contributed by atoms with Gasteiger partial charge in [-0.15, -0.1) is 0 Å². The number of amides is 1. The third kappa shape index (κ3) is 3.10. The quantitative estimate of drug-likeness (QED) is 0.862. The molecule has 0 heterocycles. The van der Waals surface area contributed by atoms with E-state index in [2.05, 4.69) is 5.32 Å². The summed E-state index contributed by atoms with van der Waals surface area (Å²) in [6.07, 6.45) is 3.70. The molecule has 3 heteroatoms. The van der Waals surface area contributed by atoms with Crippen molar-refractivity contribution in [3.05, 3.63) is 29.8 Å². The predicted octanol–water partition coefficient (Wildman–Crippen LogP) is 2.73. The number of aryl methyl sites for hydroxylation is 1. The van der Waals surface area contributed by atoms with Crippen molar-refractivity contribution in [1.29, 1.82) is 0 Å². The molecule has 1 aromatic carbocycles. The zero-order valence-electron chi connectivity index (χ0n) is 10.9. The maximum atomic E-state index is 12.1. The smallest absolute Gasteiger partial charge is 0.227 e. The number of hydrogen-bond acceptors (Lipinski definition) is 2. The average Bonchev–Trinajstić information content (AvgIpc) is 2.41. The second kappa shape index (κ2) is 6.01. The van der Waals surface area contributed by atoms with Gasteiger partial charge in [-0.2, -0.15) is 0 Å². The Bertz CT molecular complexity index is 409. The highest BCUT2D eigenvalue weighted by atomic mass is 16.3. The molecule has 3 nitrogen and oxygen atoms in total. The number of hydrogen-bond donors (Lipinski definition) is 2. The van der Waals surface area contributed by atoms with E-state index < -0.39 is 0 Å². The second-order valence-corrected chi connectivity index (χ2v) is 5.20. The SMILES string of the molecule is Cc1ccccc1NC(=O)C1CCC(CO)CC1. The molecule has 0 bridgehead atoms. The van der Waals surface area contributed by atoms with Gasteiger partial charge >= 0.3 is 0 Å². The topological polar surface area (TPSA) is 49.3 Å². The van der Waals surface area contributed by atoms with Gasteiger partial charge in [0.05, 0.1) is 0 Å². The van der Waals surface area contributed by atoms with E-state index >= 15 is 0 Å². The first-order valence-corrected chi connectivity index (χ1v) is 6.68. The molecule has 1 fully saturated rings. The van der Waals surface area contributed by atoms with Crippen LogP contribution in [0, 0.1) is 18.8 Å². The lowest BCUT2D eigenvalue weighted by Crippen LogP contribution is -2.28. The molecular weight excluding hydrogens is 226 g/mol. The third-order valence-electron chi connectivity index (χ3n) is 3.88. The molecule has 0 saturated heterocycles. The molecule has 0 aliphatic heterocycles. The van der Waals surface area contributed by atoms with Crippen LogP contribution >= 0.6 is 0 Å². The molecule has 0 spiro atoms. The Labute approximate surface area is 108 Å². The number of para-hydroxylation sites is 1. The third-order valence-corrected chi connectivity index (χ3v) is 3.88.